The molecule has 0 saturated carbocycles. The standard InChI is InChI=1S/C14H12F3N3O/c1-19-7-18-10-4-5-20(6-11(10)19)14(21)8-2-3-9(15)13(17)12(8)16/h2-3,7H,4-6H2,1H3. The van der Waals surface area contributed by atoms with E-state index < -0.39 is 28.9 Å². The summed E-state index contributed by atoms with van der Waals surface area (Å²) in [5, 5.41) is 0. The topological polar surface area (TPSA) is 38.1 Å². The van der Waals surface area contributed by atoms with Crippen molar-refractivity contribution < 1.29 is 18.0 Å². The van der Waals surface area contributed by atoms with E-state index in [-0.39, 0.29) is 6.54 Å². The van der Waals surface area contributed by atoms with Gasteiger partial charge in [-0.25, -0.2) is 18.2 Å². The number of rotatable bonds is 1. The van der Waals surface area contributed by atoms with Gasteiger partial charge in [-0.1, -0.05) is 0 Å². The average Bonchev–Trinajstić information content (AvgIpc) is 2.85. The van der Waals surface area contributed by atoms with E-state index in [1.54, 1.807) is 17.9 Å². The van der Waals surface area contributed by atoms with Crippen LogP contribution in [0.1, 0.15) is 21.7 Å². The molecule has 0 unspecified atom stereocenters. The molecule has 0 bridgehead atoms. The van der Waals surface area contributed by atoms with Crippen molar-refractivity contribution in [3.05, 3.63) is 52.9 Å². The molecule has 0 fully saturated rings. The first-order valence-corrected chi connectivity index (χ1v) is 6.41. The number of nitrogens with zero attached hydrogens (tertiary/aromatic N) is 3. The predicted octanol–water partition coefficient (Wildman–Crippen LogP) is 2.04. The van der Waals surface area contributed by atoms with Crippen LogP contribution in [0.4, 0.5) is 13.2 Å². The van der Waals surface area contributed by atoms with Crippen molar-refractivity contribution in [1.29, 1.82) is 0 Å². The van der Waals surface area contributed by atoms with Gasteiger partial charge in [0.2, 0.25) is 0 Å². The van der Waals surface area contributed by atoms with Gasteiger partial charge < -0.3 is 9.47 Å². The highest BCUT2D eigenvalue weighted by Crippen LogP contribution is 2.22. The minimum Gasteiger partial charge on any atom is -0.336 e. The second-order valence-corrected chi connectivity index (χ2v) is 4.95. The molecule has 0 saturated heterocycles. The molecular formula is C14H12F3N3O. The Hall–Kier alpha value is -2.31. The molecule has 1 aliphatic heterocycles. The summed E-state index contributed by atoms with van der Waals surface area (Å²) in [6.07, 6.45) is 2.20. The Kier molecular flexibility index (Phi) is 3.19. The molecule has 2 aromatic rings. The van der Waals surface area contributed by atoms with Crippen LogP contribution in [0.5, 0.6) is 0 Å². The van der Waals surface area contributed by atoms with Gasteiger partial charge in [0.1, 0.15) is 0 Å². The Bertz CT molecular complexity index is 726. The van der Waals surface area contributed by atoms with Crippen LogP contribution in [0.25, 0.3) is 0 Å². The van der Waals surface area contributed by atoms with Crippen LogP contribution in [0.3, 0.4) is 0 Å². The van der Waals surface area contributed by atoms with E-state index in [0.29, 0.717) is 13.0 Å². The Labute approximate surface area is 118 Å². The van der Waals surface area contributed by atoms with Crippen molar-refractivity contribution in [2.45, 2.75) is 13.0 Å². The van der Waals surface area contributed by atoms with Crippen molar-refractivity contribution in [2.75, 3.05) is 6.54 Å². The summed E-state index contributed by atoms with van der Waals surface area (Å²) in [7, 11) is 1.80. The molecule has 3 rings (SSSR count). The van der Waals surface area contributed by atoms with E-state index in [0.717, 1.165) is 23.5 Å². The highest BCUT2D eigenvalue weighted by Gasteiger charge is 2.27. The molecule has 1 aromatic carbocycles. The van der Waals surface area contributed by atoms with E-state index in [2.05, 4.69) is 4.98 Å². The number of carbonyl (C=O) groups is 1. The van der Waals surface area contributed by atoms with Crippen LogP contribution in [0.2, 0.25) is 0 Å². The van der Waals surface area contributed by atoms with E-state index in [1.807, 2.05) is 0 Å². The van der Waals surface area contributed by atoms with Gasteiger partial charge in [0.25, 0.3) is 5.91 Å². The van der Waals surface area contributed by atoms with Crippen molar-refractivity contribution in [2.24, 2.45) is 7.05 Å². The molecule has 0 radical (unpaired) electrons. The number of aryl methyl sites for hydroxylation is 1. The van der Waals surface area contributed by atoms with E-state index in [9.17, 15) is 18.0 Å². The maximum Gasteiger partial charge on any atom is 0.257 e. The number of fused-ring (bicyclic) bond motifs is 1. The molecule has 0 spiro atoms. The van der Waals surface area contributed by atoms with Gasteiger partial charge in [0.15, 0.2) is 17.5 Å². The first kappa shape index (κ1) is 13.7. The Morgan fingerprint density at radius 2 is 2.00 bits per heavy atom. The van der Waals surface area contributed by atoms with Gasteiger partial charge in [-0.2, -0.15) is 0 Å². The Morgan fingerprint density at radius 3 is 2.76 bits per heavy atom. The minimum absolute atomic E-state index is 0.267. The first-order chi connectivity index (χ1) is 9.99. The van der Waals surface area contributed by atoms with Crippen molar-refractivity contribution in [1.82, 2.24) is 14.5 Å². The third-order valence-corrected chi connectivity index (χ3v) is 3.66. The fraction of sp³-hybridized carbons (Fsp3) is 0.286. The fourth-order valence-electron chi connectivity index (χ4n) is 2.45. The van der Waals surface area contributed by atoms with Gasteiger partial charge in [-0.15, -0.1) is 0 Å². The maximum absolute atomic E-state index is 13.7. The molecule has 0 atom stereocenters. The molecule has 1 amide bonds. The van der Waals surface area contributed by atoms with Crippen LogP contribution in [-0.4, -0.2) is 26.9 Å². The zero-order valence-electron chi connectivity index (χ0n) is 11.2. The second kappa shape index (κ2) is 4.91. The molecule has 0 N–H and O–H groups in total. The fourth-order valence-corrected chi connectivity index (χ4v) is 2.45. The predicted molar refractivity (Wildman–Crippen MR) is 68.0 cm³/mol. The Balaban J connectivity index is 1.91. The number of aromatic nitrogens is 2. The first-order valence-electron chi connectivity index (χ1n) is 6.41. The maximum atomic E-state index is 13.7. The highest BCUT2D eigenvalue weighted by atomic mass is 19.2. The second-order valence-electron chi connectivity index (χ2n) is 4.95. The molecule has 4 nitrogen and oxygen atoms in total. The van der Waals surface area contributed by atoms with Crippen molar-refractivity contribution in [3.8, 4) is 0 Å². The number of benzene rings is 1. The summed E-state index contributed by atoms with van der Waals surface area (Å²) in [4.78, 5) is 17.9. The lowest BCUT2D eigenvalue weighted by Crippen LogP contribution is -2.37. The quantitative estimate of drug-likeness (QED) is 0.755. The van der Waals surface area contributed by atoms with Gasteiger partial charge in [-0.05, 0) is 12.1 Å². The summed E-state index contributed by atoms with van der Waals surface area (Å²) >= 11 is 0. The van der Waals surface area contributed by atoms with Gasteiger partial charge in [0, 0.05) is 20.0 Å². The lowest BCUT2D eigenvalue weighted by atomic mass is 10.1. The van der Waals surface area contributed by atoms with E-state index >= 15 is 0 Å². The average molecular weight is 295 g/mol. The zero-order valence-corrected chi connectivity index (χ0v) is 11.2. The van der Waals surface area contributed by atoms with Gasteiger partial charge in [-0.3, -0.25) is 4.79 Å². The SMILES string of the molecule is Cn1cnc2c1CN(C(=O)c1ccc(F)c(F)c1F)CC2. The lowest BCUT2D eigenvalue weighted by Gasteiger charge is -2.27. The van der Waals surface area contributed by atoms with Crippen LogP contribution < -0.4 is 0 Å². The third-order valence-electron chi connectivity index (χ3n) is 3.66. The molecule has 2 heterocycles. The number of carbonyl (C=O) groups excluding carboxylic acids is 1. The highest BCUT2D eigenvalue weighted by molar-refractivity contribution is 5.94. The molecule has 21 heavy (non-hydrogen) atoms. The van der Waals surface area contributed by atoms with Crippen LogP contribution in [-0.2, 0) is 20.0 Å². The Morgan fingerprint density at radius 1 is 1.24 bits per heavy atom. The number of hydrogen-bond acceptors (Lipinski definition) is 2. The summed E-state index contributed by atoms with van der Waals surface area (Å²) < 4.78 is 41.7. The van der Waals surface area contributed by atoms with Crippen molar-refractivity contribution >= 4 is 5.91 Å². The summed E-state index contributed by atoms with van der Waals surface area (Å²) in [5.74, 6) is -5.04. The molecule has 110 valence electrons. The number of imidazole rings is 1. The number of halogens is 3. The van der Waals surface area contributed by atoms with Crippen LogP contribution >= 0.6 is 0 Å². The third kappa shape index (κ3) is 2.18. The molecule has 1 aromatic heterocycles. The smallest absolute Gasteiger partial charge is 0.257 e. The number of amides is 1. The largest absolute Gasteiger partial charge is 0.336 e. The molecular weight excluding hydrogens is 283 g/mol. The summed E-state index contributed by atoms with van der Waals surface area (Å²) in [6, 6.07) is 1.72. The summed E-state index contributed by atoms with van der Waals surface area (Å²) in [5.41, 5.74) is 1.30. The number of hydrogen-bond donors (Lipinski definition) is 0. The molecule has 7 heteroatoms. The van der Waals surface area contributed by atoms with E-state index in [4.69, 9.17) is 0 Å². The molecule has 1 aliphatic rings. The molecule has 0 aliphatic carbocycles. The van der Waals surface area contributed by atoms with Crippen LogP contribution in [0, 0.1) is 17.5 Å². The normalized spacial score (nSPS) is 14.2. The monoisotopic (exact) mass is 295 g/mol. The summed E-state index contributed by atoms with van der Waals surface area (Å²) in [6.45, 7) is 0.629. The van der Waals surface area contributed by atoms with Gasteiger partial charge >= 0.3 is 0 Å². The van der Waals surface area contributed by atoms with Crippen LogP contribution in [0.15, 0.2) is 18.5 Å². The zero-order chi connectivity index (χ0) is 15.1. The van der Waals surface area contributed by atoms with Crippen molar-refractivity contribution in [3.63, 3.8) is 0 Å². The lowest BCUT2D eigenvalue weighted by molar-refractivity contribution is 0.0724. The van der Waals surface area contributed by atoms with E-state index in [1.165, 1.54) is 4.90 Å². The minimum atomic E-state index is -1.63. The van der Waals surface area contributed by atoms with Gasteiger partial charge in [0.05, 0.1) is 29.8 Å².